The van der Waals surface area contributed by atoms with Gasteiger partial charge in [-0.15, -0.1) is 0 Å². The SMILES string of the molecule is CCOC(=O)N1CC[C@@]23CCCCC2[C@@H]1Cc1ccc(OC)cc13. The Balaban J connectivity index is 1.77. The number of hydrogen-bond acceptors (Lipinski definition) is 3. The molecule has 4 rings (SSSR count). The van der Waals surface area contributed by atoms with Crippen LogP contribution in [0.1, 0.15) is 50.2 Å². The summed E-state index contributed by atoms with van der Waals surface area (Å²) in [5.74, 6) is 1.52. The molecule has 1 aromatic rings. The minimum atomic E-state index is -0.126. The predicted molar refractivity (Wildman–Crippen MR) is 92.5 cm³/mol. The number of rotatable bonds is 2. The Morgan fingerprint density at radius 3 is 3.00 bits per heavy atom. The molecule has 1 aliphatic heterocycles. The van der Waals surface area contributed by atoms with E-state index in [9.17, 15) is 4.79 Å². The molecule has 4 nitrogen and oxygen atoms in total. The lowest BCUT2D eigenvalue weighted by Crippen LogP contribution is -2.62. The van der Waals surface area contributed by atoms with Crippen LogP contribution < -0.4 is 4.74 Å². The summed E-state index contributed by atoms with van der Waals surface area (Å²) < 4.78 is 10.8. The van der Waals surface area contributed by atoms with Gasteiger partial charge in [-0.05, 0) is 61.8 Å². The van der Waals surface area contributed by atoms with Crippen LogP contribution in [0.2, 0.25) is 0 Å². The van der Waals surface area contributed by atoms with E-state index in [2.05, 4.69) is 18.2 Å². The van der Waals surface area contributed by atoms with Crippen molar-refractivity contribution in [3.8, 4) is 5.75 Å². The van der Waals surface area contributed by atoms with Gasteiger partial charge in [-0.25, -0.2) is 4.79 Å². The van der Waals surface area contributed by atoms with Gasteiger partial charge in [0.05, 0.1) is 13.7 Å². The second-order valence-corrected chi connectivity index (χ2v) is 7.45. The smallest absolute Gasteiger partial charge is 0.410 e. The highest BCUT2D eigenvalue weighted by Gasteiger charge is 2.55. The molecule has 1 saturated heterocycles. The van der Waals surface area contributed by atoms with Gasteiger partial charge in [0, 0.05) is 18.0 Å². The van der Waals surface area contributed by atoms with E-state index in [0.29, 0.717) is 18.6 Å². The van der Waals surface area contributed by atoms with Crippen LogP contribution in [0.15, 0.2) is 18.2 Å². The second kappa shape index (κ2) is 5.98. The van der Waals surface area contributed by atoms with Crippen LogP contribution in [0, 0.1) is 5.92 Å². The number of nitrogens with zero attached hydrogens (tertiary/aromatic N) is 1. The fourth-order valence-electron chi connectivity index (χ4n) is 5.54. The van der Waals surface area contributed by atoms with Crippen molar-refractivity contribution in [1.29, 1.82) is 0 Å². The molecule has 3 atom stereocenters. The Hall–Kier alpha value is -1.71. The molecular weight excluding hydrogens is 302 g/mol. The number of hydrogen-bond donors (Lipinski definition) is 0. The number of benzene rings is 1. The van der Waals surface area contributed by atoms with Crippen molar-refractivity contribution in [2.75, 3.05) is 20.3 Å². The van der Waals surface area contributed by atoms with Gasteiger partial charge in [-0.3, -0.25) is 0 Å². The number of piperidine rings is 1. The van der Waals surface area contributed by atoms with E-state index in [-0.39, 0.29) is 11.5 Å². The van der Waals surface area contributed by atoms with Crippen molar-refractivity contribution >= 4 is 6.09 Å². The number of amides is 1. The van der Waals surface area contributed by atoms with Crippen LogP contribution >= 0.6 is 0 Å². The monoisotopic (exact) mass is 329 g/mol. The summed E-state index contributed by atoms with van der Waals surface area (Å²) in [6.45, 7) is 3.15. The van der Waals surface area contributed by atoms with Crippen LogP contribution in [-0.2, 0) is 16.6 Å². The van der Waals surface area contributed by atoms with Crippen LogP contribution in [0.25, 0.3) is 0 Å². The molecule has 0 N–H and O–H groups in total. The molecule has 0 radical (unpaired) electrons. The highest BCUT2D eigenvalue weighted by atomic mass is 16.6. The first kappa shape index (κ1) is 15.8. The fourth-order valence-corrected chi connectivity index (χ4v) is 5.54. The molecule has 4 heteroatoms. The molecule has 2 bridgehead atoms. The molecule has 0 spiro atoms. The Bertz CT molecular complexity index is 644. The Labute approximate surface area is 144 Å². The largest absolute Gasteiger partial charge is 0.497 e. The van der Waals surface area contributed by atoms with Crippen LogP contribution in [0.4, 0.5) is 4.79 Å². The van der Waals surface area contributed by atoms with Gasteiger partial charge in [-0.1, -0.05) is 18.9 Å². The van der Waals surface area contributed by atoms with E-state index in [0.717, 1.165) is 25.1 Å². The zero-order chi connectivity index (χ0) is 16.7. The maximum atomic E-state index is 12.5. The van der Waals surface area contributed by atoms with Crippen molar-refractivity contribution in [2.24, 2.45) is 5.92 Å². The molecule has 0 aromatic heterocycles. The standard InChI is InChI=1S/C20H27NO3/c1-3-24-19(22)21-11-10-20-9-5-4-6-16(20)18(21)12-14-7-8-15(23-2)13-17(14)20/h7-8,13,16,18H,3-6,9-12H2,1-2H3/t16?,18-,20-/m0/s1. The Kier molecular flexibility index (Phi) is 3.93. The summed E-state index contributed by atoms with van der Waals surface area (Å²) >= 11 is 0. The molecule has 1 saturated carbocycles. The fraction of sp³-hybridized carbons (Fsp3) is 0.650. The number of methoxy groups -OCH3 is 1. The van der Waals surface area contributed by atoms with Crippen LogP contribution in [0.3, 0.4) is 0 Å². The number of carbonyl (C=O) groups is 1. The molecule has 1 amide bonds. The van der Waals surface area contributed by atoms with Gasteiger partial charge >= 0.3 is 6.09 Å². The third kappa shape index (κ3) is 2.22. The van der Waals surface area contributed by atoms with E-state index in [4.69, 9.17) is 9.47 Å². The van der Waals surface area contributed by atoms with E-state index >= 15 is 0 Å². The first-order valence-electron chi connectivity index (χ1n) is 9.30. The third-order valence-corrected chi connectivity index (χ3v) is 6.55. The molecule has 1 aromatic carbocycles. The summed E-state index contributed by atoms with van der Waals surface area (Å²) in [7, 11) is 1.74. The van der Waals surface area contributed by atoms with Crippen molar-refractivity contribution in [1.82, 2.24) is 4.90 Å². The highest BCUT2D eigenvalue weighted by molar-refractivity contribution is 5.69. The highest BCUT2D eigenvalue weighted by Crippen LogP contribution is 2.56. The average molecular weight is 329 g/mol. The van der Waals surface area contributed by atoms with Crippen molar-refractivity contribution in [3.05, 3.63) is 29.3 Å². The molecule has 2 aliphatic carbocycles. The van der Waals surface area contributed by atoms with E-state index in [1.54, 1.807) is 7.11 Å². The van der Waals surface area contributed by atoms with E-state index < -0.39 is 0 Å². The topological polar surface area (TPSA) is 38.8 Å². The zero-order valence-corrected chi connectivity index (χ0v) is 14.7. The van der Waals surface area contributed by atoms with Crippen molar-refractivity contribution in [2.45, 2.75) is 56.9 Å². The van der Waals surface area contributed by atoms with E-state index in [1.807, 2.05) is 11.8 Å². The van der Waals surface area contributed by atoms with Crippen molar-refractivity contribution in [3.63, 3.8) is 0 Å². The number of ether oxygens (including phenoxy) is 2. The zero-order valence-electron chi connectivity index (χ0n) is 14.7. The summed E-state index contributed by atoms with van der Waals surface area (Å²) in [5, 5.41) is 0. The molecular formula is C20H27NO3. The average Bonchev–Trinajstić information content (AvgIpc) is 2.61. The minimum Gasteiger partial charge on any atom is -0.497 e. The van der Waals surface area contributed by atoms with Gasteiger partial charge in [0.25, 0.3) is 0 Å². The van der Waals surface area contributed by atoms with Gasteiger partial charge in [-0.2, -0.15) is 0 Å². The molecule has 24 heavy (non-hydrogen) atoms. The van der Waals surface area contributed by atoms with Gasteiger partial charge in [0.2, 0.25) is 0 Å². The lowest BCUT2D eigenvalue weighted by atomic mass is 9.52. The van der Waals surface area contributed by atoms with Gasteiger partial charge in [0.1, 0.15) is 5.75 Å². The Morgan fingerprint density at radius 2 is 2.21 bits per heavy atom. The van der Waals surface area contributed by atoms with Crippen LogP contribution in [0.5, 0.6) is 5.75 Å². The summed E-state index contributed by atoms with van der Waals surface area (Å²) in [5.41, 5.74) is 3.12. The molecule has 1 heterocycles. The van der Waals surface area contributed by atoms with Crippen LogP contribution in [-0.4, -0.2) is 37.3 Å². The number of fused-ring (bicyclic) bond motifs is 1. The second-order valence-electron chi connectivity index (χ2n) is 7.45. The molecule has 1 unspecified atom stereocenters. The third-order valence-electron chi connectivity index (χ3n) is 6.55. The van der Waals surface area contributed by atoms with Crippen molar-refractivity contribution < 1.29 is 14.3 Å². The molecule has 2 fully saturated rings. The van der Waals surface area contributed by atoms with Gasteiger partial charge in [0.15, 0.2) is 0 Å². The maximum Gasteiger partial charge on any atom is 0.410 e. The maximum absolute atomic E-state index is 12.5. The lowest BCUT2D eigenvalue weighted by Gasteiger charge is -2.58. The van der Waals surface area contributed by atoms with E-state index in [1.165, 1.54) is 36.8 Å². The summed E-state index contributed by atoms with van der Waals surface area (Å²) in [6, 6.07) is 6.83. The summed E-state index contributed by atoms with van der Waals surface area (Å²) in [6.07, 6.45) is 6.90. The molecule has 3 aliphatic rings. The Morgan fingerprint density at radius 1 is 1.33 bits per heavy atom. The number of carbonyl (C=O) groups excluding carboxylic acids is 1. The predicted octanol–water partition coefficient (Wildman–Crippen LogP) is 3.91. The number of likely N-dealkylation sites (tertiary alicyclic amines) is 1. The molecule has 130 valence electrons. The first-order chi connectivity index (χ1) is 11.7. The summed E-state index contributed by atoms with van der Waals surface area (Å²) in [4.78, 5) is 14.5. The normalized spacial score (nSPS) is 31.0. The lowest BCUT2D eigenvalue weighted by molar-refractivity contribution is -0.0110. The van der Waals surface area contributed by atoms with Gasteiger partial charge < -0.3 is 14.4 Å². The first-order valence-corrected chi connectivity index (χ1v) is 9.30. The minimum absolute atomic E-state index is 0.126. The quantitative estimate of drug-likeness (QED) is 0.826.